The number of aliphatic carboxylic acids is 1. The van der Waals surface area contributed by atoms with E-state index >= 15 is 0 Å². The van der Waals surface area contributed by atoms with Crippen molar-refractivity contribution in [2.24, 2.45) is 28.4 Å². The number of likely N-dealkylation sites (N-methyl/N-ethyl adjacent to an activating group) is 2. The number of hydrogen-bond acceptors (Lipinski definition) is 11. The molecule has 0 aromatic rings. The predicted molar refractivity (Wildman–Crippen MR) is 283 cm³/mol. The van der Waals surface area contributed by atoms with Crippen molar-refractivity contribution in [3.8, 4) is 0 Å². The maximum absolute atomic E-state index is 13.7. The van der Waals surface area contributed by atoms with E-state index in [9.17, 15) is 28.8 Å². The van der Waals surface area contributed by atoms with E-state index in [-0.39, 0.29) is 121 Å². The molecule has 0 aromatic carbocycles. The summed E-state index contributed by atoms with van der Waals surface area (Å²) in [6.45, 7) is 37.5. The first-order chi connectivity index (χ1) is 31.8. The summed E-state index contributed by atoms with van der Waals surface area (Å²) in [5.41, 5.74) is 6.26. The fraction of sp³-hybridized carbons (Fsp3) is 0.808. The number of carbonyl (C=O) groups excluding carboxylic acids is 5. The number of nitrogens with zero attached hydrogens (tertiary/aromatic N) is 4. The first-order valence-corrected chi connectivity index (χ1v) is 24.8. The molecule has 0 spiro atoms. The molecule has 2 aliphatic heterocycles. The van der Waals surface area contributed by atoms with Crippen LogP contribution in [0.4, 0.5) is 0 Å². The number of nitrogens with one attached hydrogen (secondary N) is 1. The van der Waals surface area contributed by atoms with Gasteiger partial charge in [-0.1, -0.05) is 94.2 Å². The minimum Gasteiger partial charge on any atom is -0.480 e. The number of hydrogen-bond donors (Lipinski definition) is 3. The van der Waals surface area contributed by atoms with Crippen molar-refractivity contribution >= 4 is 56.4 Å². The zero-order valence-electron chi connectivity index (χ0n) is 48.1. The van der Waals surface area contributed by atoms with Crippen molar-refractivity contribution in [3.05, 3.63) is 23.3 Å². The predicted octanol–water partition coefficient (Wildman–Crippen LogP) is 7.23. The Morgan fingerprint density at radius 3 is 1.36 bits per heavy atom. The summed E-state index contributed by atoms with van der Waals surface area (Å²) in [7, 11) is 7.22. The van der Waals surface area contributed by atoms with Gasteiger partial charge in [-0.05, 0) is 118 Å². The number of esters is 2. The van der Waals surface area contributed by atoms with Crippen LogP contribution >= 0.6 is 12.4 Å². The maximum atomic E-state index is 13.7. The number of ether oxygens (including phenoxy) is 2. The summed E-state index contributed by atoms with van der Waals surface area (Å²) in [4.78, 5) is 81.9. The van der Waals surface area contributed by atoms with E-state index in [0.717, 1.165) is 51.6 Å². The van der Waals surface area contributed by atoms with E-state index in [1.54, 1.807) is 63.7 Å². The molecule has 18 heteroatoms. The number of carboxylic acids is 1. The Kier molecular flexibility index (Phi) is 35.8. The maximum Gasteiger partial charge on any atom is 0.333 e. The second kappa shape index (κ2) is 34.9. The van der Waals surface area contributed by atoms with Gasteiger partial charge in [-0.3, -0.25) is 29.0 Å². The van der Waals surface area contributed by atoms with Crippen LogP contribution in [0.3, 0.4) is 0 Å². The summed E-state index contributed by atoms with van der Waals surface area (Å²) in [6, 6.07) is -1.60. The third-order valence-electron chi connectivity index (χ3n) is 12.6. The molecule has 0 aliphatic carbocycles. The third-order valence-corrected chi connectivity index (χ3v) is 12.6. The van der Waals surface area contributed by atoms with Crippen molar-refractivity contribution < 1.29 is 74.5 Å². The van der Waals surface area contributed by atoms with Gasteiger partial charge in [0.2, 0.25) is 17.7 Å². The second-order valence-corrected chi connectivity index (χ2v) is 21.7. The fourth-order valence-electron chi connectivity index (χ4n) is 8.31. The fourth-order valence-corrected chi connectivity index (χ4v) is 8.31. The molecule has 2 saturated heterocycles. The average molecular weight is 1240 g/mol. The number of rotatable bonds is 17. The van der Waals surface area contributed by atoms with Gasteiger partial charge in [0.15, 0.2) is 0 Å². The molecule has 404 valence electrons. The van der Waals surface area contributed by atoms with E-state index < -0.39 is 23.5 Å². The monoisotopic (exact) mass is 1240 g/mol. The van der Waals surface area contributed by atoms with Gasteiger partial charge in [0.25, 0.3) is 0 Å². The van der Waals surface area contributed by atoms with Crippen LogP contribution < -0.4 is 11.1 Å². The largest absolute Gasteiger partial charge is 0.480 e. The molecule has 4 unspecified atom stereocenters. The van der Waals surface area contributed by atoms with E-state index in [0.29, 0.717) is 30.4 Å². The van der Waals surface area contributed by atoms with Gasteiger partial charge in [0.05, 0.1) is 37.4 Å². The van der Waals surface area contributed by atoms with Crippen LogP contribution in [0.25, 0.3) is 0 Å². The molecule has 15 nitrogen and oxygen atoms in total. The minimum absolute atomic E-state index is 0. The SMILES string of the molecule is CC(C)N1CCCCC1C(=O)O.CCOC(=O)/C(C)=C/[C@H](C(C)C)N(C)C(=O)C(N)C(C)(C)C.CCOC(=O)/C(C)=C/[C@H](C(C)C)N(C)C(=O)C(NC(=O)C1CCCCN1C(C)C)C(C)(C)C.Cl.[3H][B].[U]. The van der Waals surface area contributed by atoms with Crippen molar-refractivity contribution in [1.29, 1.82) is 1.34 Å². The first-order valence-electron chi connectivity index (χ1n) is 25.4. The number of amides is 3. The molecule has 2 rings (SSSR count). The molecule has 2 fully saturated rings. The Hall–Kier alpha value is -2.41. The number of carboxylic acid groups (broad SMARTS) is 1. The summed E-state index contributed by atoms with van der Waals surface area (Å²) in [5, 5.41) is 12.0. The van der Waals surface area contributed by atoms with Gasteiger partial charge in [-0.2, -0.15) is 0 Å². The van der Waals surface area contributed by atoms with E-state index in [4.69, 9.17) is 21.6 Å². The Bertz CT molecular complexity index is 1670. The normalized spacial score (nSPS) is 18.8. The smallest absolute Gasteiger partial charge is 0.333 e. The van der Waals surface area contributed by atoms with Gasteiger partial charge in [0.1, 0.15) is 12.1 Å². The molecule has 2 heterocycles. The molecule has 0 aromatic heterocycles. The molecular formula is C52H98BClN6O9U. The Morgan fingerprint density at radius 1 is 0.700 bits per heavy atom. The summed E-state index contributed by atoms with van der Waals surface area (Å²) in [5.74, 6) is -1.52. The molecule has 2 radical (unpaired) electrons. The third kappa shape index (κ3) is 24.5. The molecular weight excluding hydrogens is 1140 g/mol. The van der Waals surface area contributed by atoms with E-state index in [2.05, 4.69) is 51.2 Å². The molecule has 0 saturated carbocycles. The minimum atomic E-state index is -0.677. The van der Waals surface area contributed by atoms with Crippen LogP contribution in [0.1, 0.15) is 163 Å². The number of likely N-dealkylation sites (tertiary alicyclic amines) is 2. The summed E-state index contributed by atoms with van der Waals surface area (Å²) < 4.78 is 15.3. The van der Waals surface area contributed by atoms with Crippen LogP contribution in [-0.4, -0.2) is 159 Å². The van der Waals surface area contributed by atoms with Crippen molar-refractivity contribution in [2.75, 3.05) is 40.4 Å². The van der Waals surface area contributed by atoms with Crippen LogP contribution in [-0.2, 0) is 38.2 Å². The van der Waals surface area contributed by atoms with E-state index in [1.807, 2.05) is 69.2 Å². The zero-order chi connectivity index (χ0) is 54.3. The topological polar surface area (TPSA) is 192 Å². The summed E-state index contributed by atoms with van der Waals surface area (Å²) >= 11 is 0. The van der Waals surface area contributed by atoms with Gasteiger partial charge >= 0.3 is 17.9 Å². The van der Waals surface area contributed by atoms with Crippen LogP contribution in [0.5, 0.6) is 0 Å². The van der Waals surface area contributed by atoms with Crippen LogP contribution in [0.15, 0.2) is 23.3 Å². The molecule has 3 amide bonds. The quantitative estimate of drug-likeness (QED) is 0.0754. The summed E-state index contributed by atoms with van der Waals surface area (Å²) in [6.07, 6.45) is 9.51. The first kappa shape index (κ1) is 71.8. The van der Waals surface area contributed by atoms with Gasteiger partial charge in [-0.15, -0.1) is 12.4 Å². The number of carbonyl (C=O) groups is 6. The van der Waals surface area contributed by atoms with E-state index in [1.165, 1.54) is 0 Å². The Balaban J connectivity index is -0.000000507. The molecule has 70 heavy (non-hydrogen) atoms. The molecule has 6 atom stereocenters. The Labute approximate surface area is 458 Å². The van der Waals surface area contributed by atoms with Gasteiger partial charge in [0, 0.05) is 76.8 Å². The molecule has 4 N–H and O–H groups in total. The standard InChI is InChI=1S/C26H47N3O4.C17H32N2O3.C9H17NO2.BH.ClH.U/c1-11-33-25(32)19(6)16-21(17(2)3)28(10)24(31)22(26(7,8)9)27-23(30)20-14-12-13-15-29(20)18(4)5;1-9-22-16(21)12(4)10-13(11(2)3)19(8)15(20)14(18)17(5,6)7;1-7(2)10-6-4-3-5-8(10)9(11)12;;;/h16-18,20-22H,11-15H2,1-10H3,(H,27,30);10-11,13-14H,9,18H2,1-8H3;7-8H,3-6H2,1-2H3,(H,11,12);2*1H;/b19-16+;12-10+;;;;/t20?,21-,22?;13-,14?;;;;/m11..../s1/i;;;1T;;. The van der Waals surface area contributed by atoms with Crippen molar-refractivity contribution in [3.63, 3.8) is 0 Å². The van der Waals surface area contributed by atoms with Crippen LogP contribution in [0, 0.1) is 53.8 Å². The van der Waals surface area contributed by atoms with Crippen molar-refractivity contribution in [1.82, 2.24) is 24.9 Å². The molecule has 0 bridgehead atoms. The second-order valence-electron chi connectivity index (χ2n) is 21.7. The van der Waals surface area contributed by atoms with Gasteiger partial charge < -0.3 is 35.4 Å². The zero-order valence-corrected chi connectivity index (χ0v) is 52.0. The number of piperidine rings is 2. The van der Waals surface area contributed by atoms with Gasteiger partial charge in [-0.25, -0.2) is 9.59 Å². The Morgan fingerprint density at radius 2 is 1.06 bits per heavy atom. The number of halogens is 1. The van der Waals surface area contributed by atoms with Crippen molar-refractivity contribution in [2.45, 2.75) is 211 Å². The van der Waals surface area contributed by atoms with Crippen LogP contribution in [0.2, 0.25) is 0 Å². The number of nitrogens with two attached hydrogens (primary N) is 1. The molecule has 2 aliphatic rings. The average Bonchev–Trinajstić information content (AvgIpc) is 3.27.